The molecular weight excluding hydrogens is 473 g/mol. The average Bonchev–Trinajstić information content (AvgIpc) is 1.25. The smallest absolute Gasteiger partial charge is 1.00 e. The topological polar surface area (TPSA) is 27.6 Å². The standard InChI is InChI=1S/CH5N.3BrH.Pb/c1-2;;;;/h2H2,1H3;3*1H;/q;;;;+2/p-2/i1D3;;;;/hD3. The zero-order chi connectivity index (χ0) is 7.00. The number of hydrogen-bond acceptors (Lipinski definition) is 0. The molecule has 0 saturated carbocycles. The number of hydrogen-bond donors (Lipinski definition) is 1. The van der Waals surface area contributed by atoms with E-state index >= 15 is 0 Å². The van der Waals surface area contributed by atoms with Gasteiger partial charge < -0.3 is 56.7 Å². The molecule has 0 aromatic heterocycles. The SMILES string of the molecule is [2H]C([2H])([2H])[N+]([2H])([2H])[2H].[Br-].[Br-].[Br-].[Pb+2]. The van der Waals surface area contributed by atoms with E-state index in [1.165, 1.54) is 0 Å². The Morgan fingerprint density at radius 2 is 1.67 bits per heavy atom. The first-order valence-corrected chi connectivity index (χ1v) is 0.224. The predicted octanol–water partition coefficient (Wildman–Crippen LogP) is -10.5. The molecule has 0 amide bonds. The summed E-state index contributed by atoms with van der Waals surface area (Å²) >= 11 is 0. The first kappa shape index (κ1) is 5.13. The minimum Gasteiger partial charge on any atom is -1.00 e. The van der Waals surface area contributed by atoms with Crippen molar-refractivity contribution in [2.24, 2.45) is 0 Å². The van der Waals surface area contributed by atoms with Crippen molar-refractivity contribution in [2.75, 3.05) is 6.98 Å². The first-order chi connectivity index (χ1) is 3.25. The molecule has 0 aliphatic heterocycles. The van der Waals surface area contributed by atoms with Crippen molar-refractivity contribution in [1.82, 2.24) is 0 Å². The van der Waals surface area contributed by atoms with Crippen molar-refractivity contribution in [3.05, 3.63) is 0 Å². The molecule has 1 nitrogen and oxygen atoms in total. The van der Waals surface area contributed by atoms with Crippen molar-refractivity contribution < 1.29 is 65.0 Å². The molecule has 0 unspecified atom stereocenters. The fraction of sp³-hybridized carbons (Fsp3) is 1.00. The van der Waals surface area contributed by atoms with E-state index < -0.39 is 12.7 Å². The third-order valence-electron chi connectivity index (χ3n) is 0. The zero-order valence-electron chi connectivity index (χ0n) is 8.58. The minimum absolute atomic E-state index is 0. The van der Waals surface area contributed by atoms with E-state index in [1.54, 1.807) is 0 Å². The van der Waals surface area contributed by atoms with E-state index in [-0.39, 0.29) is 78.2 Å². The van der Waals surface area contributed by atoms with Gasteiger partial charge in [-0.2, -0.15) is 0 Å². The van der Waals surface area contributed by atoms with Crippen molar-refractivity contribution in [3.63, 3.8) is 0 Å². The number of halogens is 3. The van der Waals surface area contributed by atoms with Crippen molar-refractivity contribution in [3.8, 4) is 0 Å². The second-order valence-corrected chi connectivity index (χ2v) is 0. The average molecular weight is 485 g/mol. The van der Waals surface area contributed by atoms with Crippen molar-refractivity contribution in [1.29, 1.82) is 0 Å². The van der Waals surface area contributed by atoms with Gasteiger partial charge >= 0.3 is 31.5 Å². The van der Waals surface area contributed by atoms with Crippen LogP contribution in [0.15, 0.2) is 0 Å². The molecule has 3 N–H and O–H groups in total. The second kappa shape index (κ2) is 54.3. The molecule has 0 rings (SSSR count). The molecule has 0 aliphatic carbocycles. The summed E-state index contributed by atoms with van der Waals surface area (Å²) < 4.78 is 37.9. The van der Waals surface area contributed by atoms with E-state index in [4.69, 9.17) is 8.35 Å². The normalized spacial score (nSPS) is 20.0. The molecule has 2 radical (unpaired) electrons. The molecule has 0 spiro atoms. The largest absolute Gasteiger partial charge is 2.00 e. The Labute approximate surface area is 98.5 Å². The molecule has 0 fully saturated rings. The Balaban J connectivity index is -0.0000000408. The molecular formula is CH6Br3NPb. The molecule has 0 aromatic rings. The summed E-state index contributed by atoms with van der Waals surface area (Å²) in [6.45, 7) is -2.88. The van der Waals surface area contributed by atoms with E-state index in [2.05, 4.69) is 0 Å². The number of rotatable bonds is 0. The van der Waals surface area contributed by atoms with Gasteiger partial charge in [0, 0.05) is 0 Å². The molecule has 0 heterocycles. The van der Waals surface area contributed by atoms with Crippen molar-refractivity contribution in [2.45, 2.75) is 0 Å². The monoisotopic (exact) mass is 483 g/mol. The second-order valence-electron chi connectivity index (χ2n) is 0. The van der Waals surface area contributed by atoms with Crippen LogP contribution in [-0.2, 0) is 0 Å². The van der Waals surface area contributed by atoms with Gasteiger partial charge in [-0.3, -0.25) is 0 Å². The predicted molar refractivity (Wildman–Crippen MR) is 14.6 cm³/mol. The molecule has 0 atom stereocenters. The van der Waals surface area contributed by atoms with Crippen LogP contribution in [0.4, 0.5) is 0 Å². The van der Waals surface area contributed by atoms with Gasteiger partial charge in [-0.05, 0) is 0 Å². The zero-order valence-corrected chi connectivity index (χ0v) is 11.2. The molecule has 0 aliphatic rings. The van der Waals surface area contributed by atoms with Crippen LogP contribution >= 0.6 is 0 Å². The van der Waals surface area contributed by atoms with E-state index in [0.717, 1.165) is 0 Å². The van der Waals surface area contributed by atoms with E-state index in [9.17, 15) is 0 Å². The van der Waals surface area contributed by atoms with Crippen LogP contribution in [-0.4, -0.2) is 34.3 Å². The molecule has 0 saturated heterocycles. The third kappa shape index (κ3) is 33.2. The quantitative estimate of drug-likeness (QED) is 0.331. The van der Waals surface area contributed by atoms with Gasteiger partial charge in [0.2, 0.25) is 0 Å². The van der Waals surface area contributed by atoms with Gasteiger partial charge in [0.25, 0.3) is 0 Å². The Morgan fingerprint density at radius 3 is 1.67 bits per heavy atom. The molecule has 40 valence electrons. The fourth-order valence-electron chi connectivity index (χ4n) is 0. The summed E-state index contributed by atoms with van der Waals surface area (Å²) in [4.78, 5) is 0. The van der Waals surface area contributed by atoms with Gasteiger partial charge in [0.15, 0.2) is 0 Å². The molecule has 0 aromatic carbocycles. The van der Waals surface area contributed by atoms with Gasteiger partial charge in [-0.1, -0.05) is 0 Å². The Kier molecular flexibility index (Phi) is 46.4. The van der Waals surface area contributed by atoms with Crippen LogP contribution in [0, 0.1) is 0 Å². The van der Waals surface area contributed by atoms with Crippen LogP contribution in [0.5, 0.6) is 0 Å². The molecule has 6 heavy (non-hydrogen) atoms. The van der Waals surface area contributed by atoms with Gasteiger partial charge in [-0.25, -0.2) is 0 Å². The third-order valence-corrected chi connectivity index (χ3v) is 0. The Bertz CT molecular complexity index is 77.8. The van der Waals surface area contributed by atoms with E-state index in [1.807, 2.05) is 0 Å². The maximum Gasteiger partial charge on any atom is 2.00 e. The summed E-state index contributed by atoms with van der Waals surface area (Å²) in [7, 11) is 0. The summed E-state index contributed by atoms with van der Waals surface area (Å²) in [6, 6.07) is 0. The number of quaternary nitrogens is 1. The Hall–Kier alpha value is 2.32. The van der Waals surface area contributed by atoms with Gasteiger partial charge in [0.05, 0.1) is 11.1 Å². The summed E-state index contributed by atoms with van der Waals surface area (Å²) in [5.74, 6) is 0. The van der Waals surface area contributed by atoms with Crippen LogP contribution in [0.1, 0.15) is 4.11 Å². The summed E-state index contributed by atoms with van der Waals surface area (Å²) in [5, 5.41) is 0. The fourth-order valence-corrected chi connectivity index (χ4v) is 0. The molecule has 0 bridgehead atoms. The van der Waals surface area contributed by atoms with E-state index in [0.29, 0.717) is 0 Å². The minimum atomic E-state index is -2.88. The van der Waals surface area contributed by atoms with Crippen LogP contribution in [0.25, 0.3) is 0 Å². The van der Waals surface area contributed by atoms with Crippen LogP contribution < -0.4 is 56.7 Å². The first-order valence-electron chi connectivity index (χ1n) is 3.07. The maximum atomic E-state index is 6.33. The Morgan fingerprint density at radius 1 is 1.50 bits per heavy atom. The summed E-state index contributed by atoms with van der Waals surface area (Å²) in [5.41, 5.74) is -2.23. The van der Waals surface area contributed by atoms with Crippen molar-refractivity contribution >= 4 is 27.3 Å². The van der Waals surface area contributed by atoms with Crippen LogP contribution in [0.2, 0.25) is 4.24 Å². The van der Waals surface area contributed by atoms with Gasteiger partial charge in [0.1, 0.15) is 0 Å². The summed E-state index contributed by atoms with van der Waals surface area (Å²) in [6.07, 6.45) is 0. The molecule has 5 heteroatoms. The van der Waals surface area contributed by atoms with Crippen LogP contribution in [0.3, 0.4) is 0 Å². The van der Waals surface area contributed by atoms with Gasteiger partial charge in [-0.15, -0.1) is 0 Å². The maximum absolute atomic E-state index is 6.33.